The molecule has 0 aliphatic heterocycles. The van der Waals surface area contributed by atoms with Crippen molar-refractivity contribution in [1.82, 2.24) is 4.98 Å². The average molecular weight is 343 g/mol. The number of nitrogens with one attached hydrogen (secondary N) is 1. The van der Waals surface area contributed by atoms with E-state index in [4.69, 9.17) is 14.9 Å². The van der Waals surface area contributed by atoms with E-state index >= 15 is 0 Å². The van der Waals surface area contributed by atoms with Gasteiger partial charge in [0.2, 0.25) is 17.5 Å². The van der Waals surface area contributed by atoms with E-state index in [0.717, 1.165) is 12.1 Å². The molecule has 7 nitrogen and oxygen atoms in total. The van der Waals surface area contributed by atoms with Gasteiger partial charge in [0.25, 0.3) is 4.92 Å². The number of nitrogens with zero attached hydrogens (tertiary/aromatic N) is 3. The van der Waals surface area contributed by atoms with Crippen LogP contribution in [0.4, 0.5) is 26.0 Å². The lowest BCUT2D eigenvalue weighted by molar-refractivity contribution is -0.729. The van der Waals surface area contributed by atoms with Crippen molar-refractivity contribution in [2.75, 3.05) is 5.32 Å². The molecular weight excluding hydrogens is 334 g/mol. The topological polar surface area (TPSA) is 102 Å². The second-order valence-electron chi connectivity index (χ2n) is 4.85. The number of hydrogen-bond acceptors (Lipinski definition) is 5. The van der Waals surface area contributed by atoms with Gasteiger partial charge < -0.3 is 9.73 Å². The molecule has 2 N–H and O–H groups in total. The number of halogens is 2. The van der Waals surface area contributed by atoms with Crippen LogP contribution in [0.2, 0.25) is 0 Å². The van der Waals surface area contributed by atoms with E-state index in [2.05, 4.69) is 10.3 Å². The number of anilines is 2. The molecular formula is C16H9F2N4O3+. The van der Waals surface area contributed by atoms with Crippen molar-refractivity contribution >= 4 is 17.3 Å². The van der Waals surface area contributed by atoms with Gasteiger partial charge in [-0.2, -0.15) is 10.2 Å². The molecule has 0 bridgehead atoms. The lowest BCUT2D eigenvalue weighted by Gasteiger charge is -2.02. The summed E-state index contributed by atoms with van der Waals surface area (Å²) in [6, 6.07) is 10.6. The Hall–Kier alpha value is -3.80. The first kappa shape index (κ1) is 16.1. The van der Waals surface area contributed by atoms with Crippen LogP contribution in [0.25, 0.3) is 11.5 Å². The van der Waals surface area contributed by atoms with Crippen molar-refractivity contribution in [3.8, 4) is 17.5 Å². The Morgan fingerprint density at radius 2 is 1.80 bits per heavy atom. The smallest absolute Gasteiger partial charge is 0.316 e. The van der Waals surface area contributed by atoms with E-state index < -0.39 is 17.2 Å². The van der Waals surface area contributed by atoms with Gasteiger partial charge in [-0.05, 0) is 24.3 Å². The predicted molar refractivity (Wildman–Crippen MR) is 81.4 cm³/mol. The first-order valence-electron chi connectivity index (χ1n) is 6.88. The Kier molecular flexibility index (Phi) is 4.09. The van der Waals surface area contributed by atoms with Crippen LogP contribution in [0, 0.1) is 27.9 Å². The van der Waals surface area contributed by atoms with E-state index in [1.54, 1.807) is 6.07 Å². The standard InChI is InChI=1S/C16H9F2N4O3/c17-11-2-1-3-12(18)14(11)16-21-13(8-19)15(25-16)20-9-4-6-10(7-5-9)22(23)24/h1-7,20H,(H,23,24)/q+1. The van der Waals surface area contributed by atoms with Gasteiger partial charge in [0.05, 0.1) is 4.91 Å². The first-order chi connectivity index (χ1) is 12.0. The normalized spacial score (nSPS) is 10.3. The summed E-state index contributed by atoms with van der Waals surface area (Å²) in [4.78, 5) is 14.2. The molecule has 1 heterocycles. The Labute approximate surface area is 139 Å². The molecule has 0 atom stereocenters. The lowest BCUT2D eigenvalue weighted by Crippen LogP contribution is -1.94. The van der Waals surface area contributed by atoms with Crippen molar-refractivity contribution in [3.63, 3.8) is 0 Å². The minimum Gasteiger partial charge on any atom is -0.419 e. The van der Waals surface area contributed by atoms with Gasteiger partial charge in [0.1, 0.15) is 23.3 Å². The summed E-state index contributed by atoms with van der Waals surface area (Å²) in [7, 11) is 0. The lowest BCUT2D eigenvalue weighted by atomic mass is 10.2. The van der Waals surface area contributed by atoms with Crippen LogP contribution in [-0.2, 0) is 0 Å². The summed E-state index contributed by atoms with van der Waals surface area (Å²) in [5.41, 5.74) is -0.282. The quantitative estimate of drug-likeness (QED) is 0.693. The molecule has 0 radical (unpaired) electrons. The van der Waals surface area contributed by atoms with E-state index in [1.165, 1.54) is 30.3 Å². The minimum absolute atomic E-state index is 0.00209. The predicted octanol–water partition coefficient (Wildman–Crippen LogP) is 4.03. The van der Waals surface area contributed by atoms with Crippen LogP contribution in [0.3, 0.4) is 0 Å². The fourth-order valence-electron chi connectivity index (χ4n) is 2.09. The molecule has 0 spiro atoms. The first-order valence-corrected chi connectivity index (χ1v) is 6.88. The number of oxazole rings is 1. The molecule has 3 aromatic rings. The van der Waals surface area contributed by atoms with Crippen LogP contribution < -0.4 is 5.32 Å². The summed E-state index contributed by atoms with van der Waals surface area (Å²) in [5, 5.41) is 20.6. The Balaban J connectivity index is 1.96. The molecule has 2 aromatic carbocycles. The SMILES string of the molecule is N#Cc1nc(-c2c(F)cccc2F)oc1Nc1ccc([N+](=O)O)cc1. The zero-order valence-electron chi connectivity index (χ0n) is 12.4. The van der Waals surface area contributed by atoms with Crippen LogP contribution in [0.15, 0.2) is 46.9 Å². The van der Waals surface area contributed by atoms with Crippen molar-refractivity contribution in [1.29, 1.82) is 5.26 Å². The second-order valence-corrected chi connectivity index (χ2v) is 4.85. The number of benzene rings is 2. The third-order valence-electron chi connectivity index (χ3n) is 3.26. The zero-order valence-corrected chi connectivity index (χ0v) is 12.4. The van der Waals surface area contributed by atoms with Gasteiger partial charge in [0, 0.05) is 17.8 Å². The van der Waals surface area contributed by atoms with Crippen LogP contribution in [-0.4, -0.2) is 15.1 Å². The molecule has 0 aliphatic carbocycles. The maximum Gasteiger partial charge on any atom is 0.316 e. The highest BCUT2D eigenvalue weighted by Crippen LogP contribution is 2.31. The highest BCUT2D eigenvalue weighted by molar-refractivity contribution is 5.65. The summed E-state index contributed by atoms with van der Waals surface area (Å²) >= 11 is 0. The molecule has 0 saturated carbocycles. The Bertz CT molecular complexity index is 973. The average Bonchev–Trinajstić information content (AvgIpc) is 2.97. The van der Waals surface area contributed by atoms with Gasteiger partial charge in [-0.1, -0.05) is 6.07 Å². The van der Waals surface area contributed by atoms with Crippen molar-refractivity contribution in [3.05, 3.63) is 64.7 Å². The van der Waals surface area contributed by atoms with Crippen LogP contribution in [0.5, 0.6) is 0 Å². The number of rotatable bonds is 4. The Morgan fingerprint density at radius 1 is 1.16 bits per heavy atom. The number of hydrogen-bond donors (Lipinski definition) is 2. The fraction of sp³-hybridized carbons (Fsp3) is 0. The number of nitriles is 1. The van der Waals surface area contributed by atoms with Crippen LogP contribution >= 0.6 is 0 Å². The summed E-state index contributed by atoms with van der Waals surface area (Å²) in [6.07, 6.45) is 0. The minimum atomic E-state index is -0.875. The summed E-state index contributed by atoms with van der Waals surface area (Å²) in [5.74, 6) is -2.25. The molecule has 0 fully saturated rings. The van der Waals surface area contributed by atoms with Gasteiger partial charge in [-0.3, -0.25) is 0 Å². The molecule has 3 rings (SSSR count). The zero-order chi connectivity index (χ0) is 18.0. The molecule has 0 saturated heterocycles. The van der Waals surface area contributed by atoms with Gasteiger partial charge in [-0.15, -0.1) is 0 Å². The van der Waals surface area contributed by atoms with Crippen molar-refractivity contribution < 1.29 is 23.3 Å². The third kappa shape index (κ3) is 3.13. The molecule has 0 aliphatic rings. The Morgan fingerprint density at radius 3 is 2.36 bits per heavy atom. The molecule has 0 amide bonds. The number of aromatic nitrogens is 1. The van der Waals surface area contributed by atoms with E-state index in [1.807, 2.05) is 0 Å². The van der Waals surface area contributed by atoms with Gasteiger partial charge >= 0.3 is 5.69 Å². The highest BCUT2D eigenvalue weighted by atomic mass is 19.1. The van der Waals surface area contributed by atoms with Gasteiger partial charge in [-0.25, -0.2) is 14.0 Å². The van der Waals surface area contributed by atoms with Gasteiger partial charge in [0.15, 0.2) is 0 Å². The molecule has 124 valence electrons. The maximum absolute atomic E-state index is 13.8. The summed E-state index contributed by atoms with van der Waals surface area (Å²) in [6.45, 7) is 0. The van der Waals surface area contributed by atoms with Crippen molar-refractivity contribution in [2.45, 2.75) is 0 Å². The molecule has 1 aromatic heterocycles. The molecule has 0 unspecified atom stereocenters. The molecule has 9 heteroatoms. The third-order valence-corrected chi connectivity index (χ3v) is 3.26. The van der Waals surface area contributed by atoms with E-state index in [-0.39, 0.29) is 28.1 Å². The maximum atomic E-state index is 13.8. The van der Waals surface area contributed by atoms with Crippen molar-refractivity contribution in [2.24, 2.45) is 0 Å². The highest BCUT2D eigenvalue weighted by Gasteiger charge is 2.21. The monoisotopic (exact) mass is 343 g/mol. The van der Waals surface area contributed by atoms with Crippen LogP contribution in [0.1, 0.15) is 5.69 Å². The largest absolute Gasteiger partial charge is 0.419 e. The fourth-order valence-corrected chi connectivity index (χ4v) is 2.09. The summed E-state index contributed by atoms with van der Waals surface area (Å²) < 4.78 is 32.9. The van der Waals surface area contributed by atoms with E-state index in [0.29, 0.717) is 5.69 Å². The molecule has 25 heavy (non-hydrogen) atoms. The second kappa shape index (κ2) is 6.37. The van der Waals surface area contributed by atoms with E-state index in [9.17, 15) is 13.7 Å².